The molecule has 3 nitrogen and oxygen atoms in total. The van der Waals surface area contributed by atoms with Crippen LogP contribution in [0.2, 0.25) is 0 Å². The Hall–Kier alpha value is -1.35. The summed E-state index contributed by atoms with van der Waals surface area (Å²) in [7, 11) is 0. The summed E-state index contributed by atoms with van der Waals surface area (Å²) in [6.45, 7) is 1.64. The summed E-state index contributed by atoms with van der Waals surface area (Å²) in [6.07, 6.45) is 5.20. The van der Waals surface area contributed by atoms with Crippen molar-refractivity contribution in [1.82, 2.24) is 4.90 Å². The average Bonchev–Trinajstić information content (AvgIpc) is 2.78. The van der Waals surface area contributed by atoms with Crippen LogP contribution in [-0.2, 0) is 11.2 Å². The van der Waals surface area contributed by atoms with Gasteiger partial charge < -0.3 is 10.6 Å². The Morgan fingerprint density at radius 2 is 2.21 bits per heavy atom. The Labute approximate surface area is 114 Å². The number of rotatable bonds is 3. The fourth-order valence-corrected chi connectivity index (χ4v) is 3.61. The summed E-state index contributed by atoms with van der Waals surface area (Å²) in [5, 5.41) is 0. The Bertz CT molecular complexity index is 472. The zero-order chi connectivity index (χ0) is 13.2. The van der Waals surface area contributed by atoms with Crippen molar-refractivity contribution in [2.45, 2.75) is 44.1 Å². The van der Waals surface area contributed by atoms with Crippen LogP contribution in [-0.4, -0.2) is 29.9 Å². The monoisotopic (exact) mass is 258 g/mol. The van der Waals surface area contributed by atoms with Gasteiger partial charge in [-0.25, -0.2) is 0 Å². The summed E-state index contributed by atoms with van der Waals surface area (Å²) in [5.74, 6) is 0.740. The van der Waals surface area contributed by atoms with Crippen molar-refractivity contribution in [2.24, 2.45) is 5.73 Å². The van der Waals surface area contributed by atoms with Crippen molar-refractivity contribution >= 4 is 5.91 Å². The van der Waals surface area contributed by atoms with Crippen LogP contribution in [0.25, 0.3) is 0 Å². The third-order valence-corrected chi connectivity index (χ3v) is 4.54. The highest BCUT2D eigenvalue weighted by Gasteiger charge is 2.41. The molecule has 102 valence electrons. The Morgan fingerprint density at radius 1 is 1.32 bits per heavy atom. The first-order valence-electron chi connectivity index (χ1n) is 7.38. The maximum absolute atomic E-state index is 12.1. The molecule has 0 aromatic heterocycles. The molecule has 0 saturated carbocycles. The molecule has 1 aromatic rings. The van der Waals surface area contributed by atoms with Crippen molar-refractivity contribution in [1.29, 1.82) is 0 Å². The molecule has 2 N–H and O–H groups in total. The number of piperidine rings is 1. The SMILES string of the molecule is NCCc1cccc(C2CC(=O)N3CCCCC23)c1. The lowest BCUT2D eigenvalue weighted by atomic mass is 9.86. The summed E-state index contributed by atoms with van der Waals surface area (Å²) in [6, 6.07) is 9.11. The minimum absolute atomic E-state index is 0.346. The summed E-state index contributed by atoms with van der Waals surface area (Å²) in [4.78, 5) is 14.2. The van der Waals surface area contributed by atoms with Crippen LogP contribution in [0.5, 0.6) is 0 Å². The van der Waals surface area contributed by atoms with Gasteiger partial charge in [0.1, 0.15) is 0 Å². The second-order valence-electron chi connectivity index (χ2n) is 5.74. The fourth-order valence-electron chi connectivity index (χ4n) is 3.61. The van der Waals surface area contributed by atoms with Gasteiger partial charge in [-0.3, -0.25) is 4.79 Å². The number of benzene rings is 1. The third kappa shape index (κ3) is 2.39. The summed E-state index contributed by atoms with van der Waals surface area (Å²) < 4.78 is 0. The molecule has 0 aliphatic carbocycles. The van der Waals surface area contributed by atoms with Crippen molar-refractivity contribution in [3.63, 3.8) is 0 Å². The lowest BCUT2D eigenvalue weighted by Crippen LogP contribution is -2.38. The van der Waals surface area contributed by atoms with Gasteiger partial charge in [0.05, 0.1) is 0 Å². The summed E-state index contributed by atoms with van der Waals surface area (Å²) >= 11 is 0. The first kappa shape index (κ1) is 12.7. The first-order valence-corrected chi connectivity index (χ1v) is 7.38. The quantitative estimate of drug-likeness (QED) is 0.902. The molecule has 19 heavy (non-hydrogen) atoms. The van der Waals surface area contributed by atoms with Gasteiger partial charge in [0, 0.05) is 24.9 Å². The van der Waals surface area contributed by atoms with Gasteiger partial charge in [-0.1, -0.05) is 24.3 Å². The Balaban J connectivity index is 1.85. The van der Waals surface area contributed by atoms with Crippen molar-refractivity contribution in [3.05, 3.63) is 35.4 Å². The van der Waals surface area contributed by atoms with E-state index in [1.807, 2.05) is 0 Å². The number of hydrogen-bond donors (Lipinski definition) is 1. The average molecular weight is 258 g/mol. The van der Waals surface area contributed by atoms with Crippen LogP contribution in [0, 0.1) is 0 Å². The molecule has 2 atom stereocenters. The molecule has 2 saturated heterocycles. The number of hydrogen-bond acceptors (Lipinski definition) is 2. The zero-order valence-corrected chi connectivity index (χ0v) is 11.3. The van der Waals surface area contributed by atoms with E-state index in [0.29, 0.717) is 30.8 Å². The highest BCUT2D eigenvalue weighted by molar-refractivity contribution is 5.80. The smallest absolute Gasteiger partial charge is 0.223 e. The normalized spacial score (nSPS) is 26.6. The number of carbonyl (C=O) groups excluding carboxylic acids is 1. The summed E-state index contributed by atoms with van der Waals surface area (Å²) in [5.41, 5.74) is 8.25. The van der Waals surface area contributed by atoms with E-state index in [9.17, 15) is 4.79 Å². The van der Waals surface area contributed by atoms with E-state index in [2.05, 4.69) is 29.2 Å². The molecule has 2 unspecified atom stereocenters. The molecule has 0 radical (unpaired) electrons. The molecular weight excluding hydrogens is 236 g/mol. The molecule has 2 aliphatic rings. The molecule has 1 aromatic carbocycles. The van der Waals surface area contributed by atoms with Crippen LogP contribution in [0.4, 0.5) is 0 Å². The molecule has 0 bridgehead atoms. The molecule has 3 rings (SSSR count). The topological polar surface area (TPSA) is 46.3 Å². The number of nitrogens with zero attached hydrogens (tertiary/aromatic N) is 1. The Morgan fingerprint density at radius 3 is 3.05 bits per heavy atom. The minimum Gasteiger partial charge on any atom is -0.339 e. The predicted octanol–water partition coefficient (Wildman–Crippen LogP) is 2.06. The van der Waals surface area contributed by atoms with E-state index in [-0.39, 0.29) is 0 Å². The van der Waals surface area contributed by atoms with Crippen LogP contribution < -0.4 is 5.73 Å². The van der Waals surface area contributed by atoms with Crippen molar-refractivity contribution < 1.29 is 4.79 Å². The van der Waals surface area contributed by atoms with E-state index in [1.165, 1.54) is 24.0 Å². The van der Waals surface area contributed by atoms with Gasteiger partial charge >= 0.3 is 0 Å². The minimum atomic E-state index is 0.346. The lowest BCUT2D eigenvalue weighted by molar-refractivity contribution is -0.129. The molecule has 2 aliphatic heterocycles. The van der Waals surface area contributed by atoms with Gasteiger partial charge in [0.25, 0.3) is 0 Å². The van der Waals surface area contributed by atoms with Crippen molar-refractivity contribution in [2.75, 3.05) is 13.1 Å². The standard InChI is InChI=1S/C16H22N2O/c17-8-7-12-4-3-5-13(10-12)14-11-16(19)18-9-2-1-6-15(14)18/h3-5,10,14-15H,1-2,6-9,11,17H2. The van der Waals surface area contributed by atoms with Gasteiger partial charge in [-0.2, -0.15) is 0 Å². The molecular formula is C16H22N2O. The molecule has 1 amide bonds. The molecule has 2 heterocycles. The molecule has 2 fully saturated rings. The van der Waals surface area contributed by atoms with E-state index >= 15 is 0 Å². The van der Waals surface area contributed by atoms with Crippen LogP contribution in [0.1, 0.15) is 42.7 Å². The van der Waals surface area contributed by atoms with Crippen LogP contribution in [0.3, 0.4) is 0 Å². The van der Waals surface area contributed by atoms with Gasteiger partial charge in [-0.05, 0) is 43.4 Å². The second kappa shape index (κ2) is 5.33. The van der Waals surface area contributed by atoms with E-state index in [4.69, 9.17) is 5.73 Å². The Kier molecular flexibility index (Phi) is 3.56. The maximum Gasteiger partial charge on any atom is 0.223 e. The fraction of sp³-hybridized carbons (Fsp3) is 0.562. The number of carbonyl (C=O) groups is 1. The number of fused-ring (bicyclic) bond motifs is 1. The highest BCUT2D eigenvalue weighted by Crippen LogP contribution is 2.39. The largest absolute Gasteiger partial charge is 0.339 e. The van der Waals surface area contributed by atoms with Gasteiger partial charge in [-0.15, -0.1) is 0 Å². The predicted molar refractivity (Wildman–Crippen MR) is 75.9 cm³/mol. The van der Waals surface area contributed by atoms with Gasteiger partial charge in [0.2, 0.25) is 5.91 Å². The first-order chi connectivity index (χ1) is 9.29. The zero-order valence-electron chi connectivity index (χ0n) is 11.3. The van der Waals surface area contributed by atoms with E-state index in [1.54, 1.807) is 0 Å². The molecule has 0 spiro atoms. The highest BCUT2D eigenvalue weighted by atomic mass is 16.2. The maximum atomic E-state index is 12.1. The molecule has 3 heteroatoms. The van der Waals surface area contributed by atoms with Crippen LogP contribution in [0.15, 0.2) is 24.3 Å². The number of nitrogens with two attached hydrogens (primary N) is 1. The van der Waals surface area contributed by atoms with E-state index < -0.39 is 0 Å². The van der Waals surface area contributed by atoms with Gasteiger partial charge in [0.15, 0.2) is 0 Å². The second-order valence-corrected chi connectivity index (χ2v) is 5.74. The lowest BCUT2D eigenvalue weighted by Gasteiger charge is -2.32. The van der Waals surface area contributed by atoms with Crippen molar-refractivity contribution in [3.8, 4) is 0 Å². The third-order valence-electron chi connectivity index (χ3n) is 4.54. The number of amides is 1. The van der Waals surface area contributed by atoms with Crippen LogP contribution >= 0.6 is 0 Å². The van der Waals surface area contributed by atoms with E-state index in [0.717, 1.165) is 19.4 Å².